The Hall–Kier alpha value is -3.46. The first-order valence-corrected chi connectivity index (χ1v) is 11.4. The molecule has 2 aromatic carbocycles. The van der Waals surface area contributed by atoms with Crippen LogP contribution in [0.1, 0.15) is 23.9 Å². The Morgan fingerprint density at radius 3 is 2.76 bits per heavy atom. The number of rotatable bonds is 9. The van der Waals surface area contributed by atoms with E-state index in [-0.39, 0.29) is 19.3 Å². The number of anilines is 1. The van der Waals surface area contributed by atoms with Gasteiger partial charge >= 0.3 is 0 Å². The molecule has 0 fully saturated rings. The molecule has 0 spiro atoms. The van der Waals surface area contributed by atoms with E-state index in [2.05, 4.69) is 22.1 Å². The number of thioether (sulfide) groups is 1. The zero-order valence-corrected chi connectivity index (χ0v) is 19.6. The van der Waals surface area contributed by atoms with Crippen LogP contribution >= 0.6 is 11.8 Å². The predicted molar refractivity (Wildman–Crippen MR) is 127 cm³/mol. The van der Waals surface area contributed by atoms with Gasteiger partial charge in [0.1, 0.15) is 12.4 Å². The van der Waals surface area contributed by atoms with Crippen molar-refractivity contribution in [3.8, 4) is 17.2 Å². The van der Waals surface area contributed by atoms with E-state index in [1.54, 1.807) is 24.3 Å². The molecular formula is C24H26N4O4S. The Balaban J connectivity index is 1.43. The van der Waals surface area contributed by atoms with Gasteiger partial charge < -0.3 is 19.5 Å². The summed E-state index contributed by atoms with van der Waals surface area (Å²) in [6.07, 6.45) is 1.77. The Morgan fingerprint density at radius 1 is 1.24 bits per heavy atom. The lowest BCUT2D eigenvalue weighted by Gasteiger charge is -2.14. The van der Waals surface area contributed by atoms with Crippen molar-refractivity contribution in [2.24, 2.45) is 0 Å². The zero-order valence-electron chi connectivity index (χ0n) is 18.8. The van der Waals surface area contributed by atoms with Gasteiger partial charge in [-0.05, 0) is 44.0 Å². The van der Waals surface area contributed by atoms with Gasteiger partial charge in [0.05, 0.1) is 5.25 Å². The van der Waals surface area contributed by atoms with Gasteiger partial charge in [-0.15, -0.1) is 16.8 Å². The number of para-hydroxylation sites is 1. The molecule has 0 saturated carbocycles. The quantitative estimate of drug-likeness (QED) is 0.367. The molecule has 1 atom stereocenters. The minimum atomic E-state index is -0.407. The molecule has 1 aliphatic heterocycles. The third-order valence-electron chi connectivity index (χ3n) is 5.15. The summed E-state index contributed by atoms with van der Waals surface area (Å²) in [5.41, 5.74) is 2.77. The maximum Gasteiger partial charge on any atom is 0.237 e. The first-order chi connectivity index (χ1) is 16.0. The van der Waals surface area contributed by atoms with Crippen LogP contribution in [0.4, 0.5) is 5.69 Å². The largest absolute Gasteiger partial charge is 0.485 e. The molecule has 9 heteroatoms. The van der Waals surface area contributed by atoms with E-state index in [0.717, 1.165) is 16.9 Å². The number of aromatic nitrogens is 3. The van der Waals surface area contributed by atoms with Gasteiger partial charge in [-0.1, -0.05) is 36.0 Å². The first kappa shape index (κ1) is 22.7. The summed E-state index contributed by atoms with van der Waals surface area (Å²) in [7, 11) is 0. The lowest BCUT2D eigenvalue weighted by atomic mass is 10.1. The Labute approximate surface area is 197 Å². The molecule has 0 aliphatic carbocycles. The van der Waals surface area contributed by atoms with Crippen molar-refractivity contribution in [2.75, 3.05) is 12.1 Å². The summed E-state index contributed by atoms with van der Waals surface area (Å²) in [6.45, 7) is 10.7. The van der Waals surface area contributed by atoms with Crippen molar-refractivity contribution in [3.63, 3.8) is 0 Å². The van der Waals surface area contributed by atoms with E-state index in [1.807, 2.05) is 43.5 Å². The van der Waals surface area contributed by atoms with E-state index in [0.29, 0.717) is 34.7 Å². The van der Waals surface area contributed by atoms with Crippen molar-refractivity contribution in [2.45, 2.75) is 44.3 Å². The molecule has 0 bridgehead atoms. The van der Waals surface area contributed by atoms with Crippen molar-refractivity contribution in [1.29, 1.82) is 0 Å². The van der Waals surface area contributed by atoms with E-state index < -0.39 is 5.25 Å². The number of benzene rings is 2. The summed E-state index contributed by atoms with van der Waals surface area (Å²) in [5.74, 6) is 2.65. The molecule has 1 N–H and O–H groups in total. The topological polar surface area (TPSA) is 87.5 Å². The van der Waals surface area contributed by atoms with E-state index >= 15 is 0 Å². The number of amides is 1. The second kappa shape index (κ2) is 9.99. The molecule has 1 amide bonds. The second-order valence-corrected chi connectivity index (χ2v) is 8.93. The number of nitrogens with zero attached hydrogens (tertiary/aromatic N) is 3. The maximum atomic E-state index is 12.8. The second-order valence-electron chi connectivity index (χ2n) is 7.63. The monoisotopic (exact) mass is 466 g/mol. The number of hydrogen-bond donors (Lipinski definition) is 1. The van der Waals surface area contributed by atoms with Crippen LogP contribution in [0, 0.1) is 13.8 Å². The molecular weight excluding hydrogens is 440 g/mol. The van der Waals surface area contributed by atoms with E-state index in [9.17, 15) is 4.79 Å². The average molecular weight is 467 g/mol. The molecule has 8 nitrogen and oxygen atoms in total. The number of ether oxygens (including phenoxy) is 3. The highest BCUT2D eigenvalue weighted by Gasteiger charge is 2.21. The molecule has 3 aromatic rings. The van der Waals surface area contributed by atoms with Crippen molar-refractivity contribution >= 4 is 23.4 Å². The highest BCUT2D eigenvalue weighted by molar-refractivity contribution is 8.00. The third-order valence-corrected chi connectivity index (χ3v) is 6.23. The molecule has 1 aromatic heterocycles. The fraction of sp³-hybridized carbons (Fsp3) is 0.292. The number of nitrogens with one attached hydrogen (secondary N) is 1. The Morgan fingerprint density at radius 2 is 2.00 bits per heavy atom. The molecule has 1 unspecified atom stereocenters. The van der Waals surface area contributed by atoms with Crippen LogP contribution in [0.15, 0.2) is 54.2 Å². The van der Waals surface area contributed by atoms with Crippen LogP contribution in [-0.4, -0.2) is 32.7 Å². The van der Waals surface area contributed by atoms with Gasteiger partial charge in [-0.3, -0.25) is 9.36 Å². The number of hydrogen-bond acceptors (Lipinski definition) is 7. The fourth-order valence-corrected chi connectivity index (χ4v) is 4.30. The highest BCUT2D eigenvalue weighted by atomic mass is 32.2. The van der Waals surface area contributed by atoms with Gasteiger partial charge in [0.2, 0.25) is 12.7 Å². The molecule has 0 radical (unpaired) electrons. The molecule has 2 heterocycles. The van der Waals surface area contributed by atoms with Crippen molar-refractivity contribution in [1.82, 2.24) is 14.8 Å². The molecule has 172 valence electrons. The lowest BCUT2D eigenvalue weighted by molar-refractivity contribution is -0.115. The van der Waals surface area contributed by atoms with Crippen LogP contribution < -0.4 is 19.5 Å². The summed E-state index contributed by atoms with van der Waals surface area (Å²) < 4.78 is 18.6. The number of carbonyl (C=O) groups excluding carboxylic acids is 1. The van der Waals surface area contributed by atoms with E-state index in [1.165, 1.54) is 11.8 Å². The van der Waals surface area contributed by atoms with E-state index in [4.69, 9.17) is 14.2 Å². The standard InChI is InChI=1S/C24H26N4O4S/c1-5-11-28-21(13-30-22-15(2)7-6-8-16(22)3)26-27-24(28)33-17(4)23(29)25-18-9-10-19-20(12-18)32-14-31-19/h5-10,12,17H,1,11,13-14H2,2-4H3,(H,25,29). The first-order valence-electron chi connectivity index (χ1n) is 10.6. The number of fused-ring (bicyclic) bond motifs is 1. The maximum absolute atomic E-state index is 12.8. The third kappa shape index (κ3) is 5.14. The Kier molecular flexibility index (Phi) is 6.88. The van der Waals surface area contributed by atoms with Crippen LogP contribution in [0.5, 0.6) is 17.2 Å². The molecule has 33 heavy (non-hydrogen) atoms. The van der Waals surface area contributed by atoms with Crippen LogP contribution in [0.3, 0.4) is 0 Å². The SMILES string of the molecule is C=CCn1c(COc2c(C)cccc2C)nnc1SC(C)C(=O)Nc1ccc2c(c1)OCO2. The van der Waals surface area contributed by atoms with Crippen molar-refractivity contribution < 1.29 is 19.0 Å². The van der Waals surface area contributed by atoms with Gasteiger partial charge in [-0.2, -0.15) is 0 Å². The zero-order chi connectivity index (χ0) is 23.4. The average Bonchev–Trinajstić information content (AvgIpc) is 3.40. The van der Waals surface area contributed by atoms with Crippen molar-refractivity contribution in [3.05, 3.63) is 66.0 Å². The van der Waals surface area contributed by atoms with Crippen LogP contribution in [0.2, 0.25) is 0 Å². The summed E-state index contributed by atoms with van der Waals surface area (Å²) in [6, 6.07) is 11.3. The molecule has 0 saturated heterocycles. The molecule has 1 aliphatic rings. The summed E-state index contributed by atoms with van der Waals surface area (Å²) in [5, 5.41) is 11.7. The van der Waals surface area contributed by atoms with Gasteiger partial charge in [0.15, 0.2) is 22.5 Å². The smallest absolute Gasteiger partial charge is 0.237 e. The molecule has 4 rings (SSSR count). The Bertz CT molecular complexity index is 1160. The normalized spacial score (nSPS) is 12.9. The summed E-state index contributed by atoms with van der Waals surface area (Å²) >= 11 is 1.33. The number of carbonyl (C=O) groups is 1. The minimum Gasteiger partial charge on any atom is -0.485 e. The predicted octanol–water partition coefficient (Wildman–Crippen LogP) is 4.51. The number of allylic oxidation sites excluding steroid dienone is 1. The van der Waals surface area contributed by atoms with Crippen LogP contribution in [-0.2, 0) is 17.9 Å². The van der Waals surface area contributed by atoms with Crippen LogP contribution in [0.25, 0.3) is 0 Å². The minimum absolute atomic E-state index is 0.152. The number of aryl methyl sites for hydroxylation is 2. The highest BCUT2D eigenvalue weighted by Crippen LogP contribution is 2.34. The summed E-state index contributed by atoms with van der Waals surface area (Å²) in [4.78, 5) is 12.8. The van der Waals surface area contributed by atoms with Gasteiger partial charge in [0.25, 0.3) is 0 Å². The van der Waals surface area contributed by atoms with Gasteiger partial charge in [-0.25, -0.2) is 0 Å². The van der Waals surface area contributed by atoms with Gasteiger partial charge in [0, 0.05) is 18.3 Å². The lowest BCUT2D eigenvalue weighted by Crippen LogP contribution is -2.23. The fourth-order valence-electron chi connectivity index (χ4n) is 3.42.